The summed E-state index contributed by atoms with van der Waals surface area (Å²) in [5.74, 6) is 0.707. The summed E-state index contributed by atoms with van der Waals surface area (Å²) in [6.45, 7) is 9.65. The molecule has 2 heterocycles. The molecule has 1 amide bonds. The standard InChI is InChI=1S/C23H30Cl2N4O3/c1-5-17-21(15-10-9-14(24)11-16(15)25)26-18(6-2)22(27-17)28-19-12-29(23(30)32-8-4)13-20(19)31-7-3/h9-11,19-20H,5-8,12-13H2,1-4H3,(H,27,28). The highest BCUT2D eigenvalue weighted by molar-refractivity contribution is 6.36. The highest BCUT2D eigenvalue weighted by Crippen LogP contribution is 2.33. The molecule has 1 aliphatic heterocycles. The smallest absolute Gasteiger partial charge is 0.409 e. The van der Waals surface area contributed by atoms with Gasteiger partial charge in [0.2, 0.25) is 0 Å². The van der Waals surface area contributed by atoms with Gasteiger partial charge in [0, 0.05) is 23.7 Å². The minimum absolute atomic E-state index is 0.117. The molecule has 32 heavy (non-hydrogen) atoms. The van der Waals surface area contributed by atoms with Gasteiger partial charge in [0.25, 0.3) is 0 Å². The van der Waals surface area contributed by atoms with E-state index in [0.717, 1.165) is 22.6 Å². The lowest BCUT2D eigenvalue weighted by Crippen LogP contribution is -2.35. The predicted octanol–water partition coefficient (Wildman–Crippen LogP) is 5.23. The molecule has 1 fully saturated rings. The van der Waals surface area contributed by atoms with Crippen molar-refractivity contribution < 1.29 is 14.3 Å². The Kier molecular flexibility index (Phi) is 8.57. The minimum Gasteiger partial charge on any atom is -0.450 e. The van der Waals surface area contributed by atoms with Crippen LogP contribution in [0.5, 0.6) is 0 Å². The number of hydrogen-bond donors (Lipinski definition) is 1. The lowest BCUT2D eigenvalue weighted by Gasteiger charge is -2.22. The number of carbonyl (C=O) groups excluding carboxylic acids is 1. The molecule has 2 aromatic rings. The fourth-order valence-electron chi connectivity index (χ4n) is 3.85. The zero-order chi connectivity index (χ0) is 23.3. The van der Waals surface area contributed by atoms with Crippen molar-refractivity contribution >= 4 is 35.1 Å². The maximum atomic E-state index is 12.2. The van der Waals surface area contributed by atoms with E-state index in [0.29, 0.717) is 55.0 Å². The zero-order valence-electron chi connectivity index (χ0n) is 19.0. The number of nitrogens with zero attached hydrogens (tertiary/aromatic N) is 3. The van der Waals surface area contributed by atoms with Gasteiger partial charge in [-0.05, 0) is 44.9 Å². The van der Waals surface area contributed by atoms with Crippen molar-refractivity contribution in [2.24, 2.45) is 0 Å². The van der Waals surface area contributed by atoms with Crippen LogP contribution in [0, 0.1) is 0 Å². The van der Waals surface area contributed by atoms with Gasteiger partial charge in [-0.1, -0.05) is 37.0 Å². The summed E-state index contributed by atoms with van der Waals surface area (Å²) < 4.78 is 11.1. The van der Waals surface area contributed by atoms with Gasteiger partial charge < -0.3 is 19.7 Å². The van der Waals surface area contributed by atoms with E-state index in [-0.39, 0.29) is 18.2 Å². The van der Waals surface area contributed by atoms with Crippen LogP contribution in [0.15, 0.2) is 18.2 Å². The fraction of sp³-hybridized carbons (Fsp3) is 0.522. The Morgan fingerprint density at radius 1 is 1.09 bits per heavy atom. The van der Waals surface area contributed by atoms with E-state index in [1.165, 1.54) is 0 Å². The fourth-order valence-corrected chi connectivity index (χ4v) is 4.34. The average Bonchev–Trinajstić information content (AvgIpc) is 3.16. The molecule has 0 saturated carbocycles. The zero-order valence-corrected chi connectivity index (χ0v) is 20.5. The first kappa shape index (κ1) is 24.6. The number of ether oxygens (including phenoxy) is 2. The number of aromatic nitrogens is 2. The Morgan fingerprint density at radius 2 is 1.84 bits per heavy atom. The van der Waals surface area contributed by atoms with Gasteiger partial charge in [0.05, 0.1) is 47.4 Å². The molecule has 2 atom stereocenters. The number of benzene rings is 1. The lowest BCUT2D eigenvalue weighted by molar-refractivity contribution is 0.0596. The highest BCUT2D eigenvalue weighted by atomic mass is 35.5. The Hall–Kier alpha value is -2.09. The molecule has 1 aliphatic rings. The average molecular weight is 481 g/mol. The molecule has 2 unspecified atom stereocenters. The maximum absolute atomic E-state index is 12.2. The van der Waals surface area contributed by atoms with Crippen LogP contribution in [-0.4, -0.2) is 59.4 Å². The van der Waals surface area contributed by atoms with Crippen molar-refractivity contribution in [1.82, 2.24) is 14.9 Å². The summed E-state index contributed by atoms with van der Waals surface area (Å²) in [4.78, 5) is 23.7. The summed E-state index contributed by atoms with van der Waals surface area (Å²) in [7, 11) is 0. The van der Waals surface area contributed by atoms with E-state index < -0.39 is 0 Å². The number of rotatable bonds is 8. The van der Waals surface area contributed by atoms with E-state index >= 15 is 0 Å². The van der Waals surface area contributed by atoms with E-state index in [1.54, 1.807) is 24.0 Å². The summed E-state index contributed by atoms with van der Waals surface area (Å²) in [5.41, 5.74) is 3.23. The molecule has 0 spiro atoms. The van der Waals surface area contributed by atoms with Crippen molar-refractivity contribution in [1.29, 1.82) is 0 Å². The number of anilines is 1. The molecular weight excluding hydrogens is 451 g/mol. The molecule has 1 aromatic carbocycles. The Labute approximate surface area is 199 Å². The first-order chi connectivity index (χ1) is 15.4. The largest absolute Gasteiger partial charge is 0.450 e. The van der Waals surface area contributed by atoms with Gasteiger partial charge in [-0.2, -0.15) is 0 Å². The predicted molar refractivity (Wildman–Crippen MR) is 128 cm³/mol. The number of likely N-dealkylation sites (tertiary alicyclic amines) is 1. The SMILES string of the molecule is CCOC(=O)N1CC(Nc2nc(CC)c(-c3ccc(Cl)cc3Cl)nc2CC)C(OCC)C1. The first-order valence-corrected chi connectivity index (χ1v) is 11.8. The number of carbonyl (C=O) groups is 1. The third-order valence-corrected chi connectivity index (χ3v) is 5.94. The van der Waals surface area contributed by atoms with Gasteiger partial charge in [-0.15, -0.1) is 0 Å². The number of aryl methyl sites for hydroxylation is 2. The van der Waals surface area contributed by atoms with Crippen LogP contribution in [0.2, 0.25) is 10.0 Å². The third kappa shape index (κ3) is 5.45. The molecule has 0 radical (unpaired) electrons. The van der Waals surface area contributed by atoms with Gasteiger partial charge in [-0.25, -0.2) is 14.8 Å². The molecule has 7 nitrogen and oxygen atoms in total. The van der Waals surface area contributed by atoms with Crippen molar-refractivity contribution in [3.8, 4) is 11.3 Å². The van der Waals surface area contributed by atoms with Crippen molar-refractivity contribution in [3.63, 3.8) is 0 Å². The van der Waals surface area contributed by atoms with E-state index in [4.69, 9.17) is 42.6 Å². The molecule has 1 saturated heterocycles. The topological polar surface area (TPSA) is 76.6 Å². The normalized spacial score (nSPS) is 18.1. The van der Waals surface area contributed by atoms with Crippen molar-refractivity contribution in [2.75, 3.05) is 31.6 Å². The van der Waals surface area contributed by atoms with Crippen molar-refractivity contribution in [2.45, 2.75) is 52.7 Å². The quantitative estimate of drug-likeness (QED) is 0.556. The molecule has 9 heteroatoms. The van der Waals surface area contributed by atoms with E-state index in [1.807, 2.05) is 26.8 Å². The highest BCUT2D eigenvalue weighted by Gasteiger charge is 2.37. The lowest BCUT2D eigenvalue weighted by atomic mass is 10.1. The van der Waals surface area contributed by atoms with Gasteiger partial charge >= 0.3 is 6.09 Å². The van der Waals surface area contributed by atoms with Crippen LogP contribution in [-0.2, 0) is 22.3 Å². The van der Waals surface area contributed by atoms with Crippen molar-refractivity contribution in [3.05, 3.63) is 39.6 Å². The first-order valence-electron chi connectivity index (χ1n) is 11.1. The summed E-state index contributed by atoms with van der Waals surface area (Å²) in [6, 6.07) is 5.27. The maximum Gasteiger partial charge on any atom is 0.409 e. The van der Waals surface area contributed by atoms with Crippen LogP contribution >= 0.6 is 23.2 Å². The Morgan fingerprint density at radius 3 is 2.47 bits per heavy atom. The summed E-state index contributed by atoms with van der Waals surface area (Å²) >= 11 is 12.5. The molecule has 174 valence electrons. The number of nitrogens with one attached hydrogen (secondary N) is 1. The van der Waals surface area contributed by atoms with Crippen LogP contribution < -0.4 is 5.32 Å². The van der Waals surface area contributed by atoms with Crippen LogP contribution in [0.3, 0.4) is 0 Å². The summed E-state index contributed by atoms with van der Waals surface area (Å²) in [5, 5.41) is 4.62. The Bertz CT molecular complexity index is 957. The molecule has 1 aromatic heterocycles. The van der Waals surface area contributed by atoms with E-state index in [2.05, 4.69) is 5.32 Å². The van der Waals surface area contributed by atoms with Gasteiger partial charge in [-0.3, -0.25) is 0 Å². The monoisotopic (exact) mass is 480 g/mol. The van der Waals surface area contributed by atoms with Gasteiger partial charge in [0.15, 0.2) is 0 Å². The third-order valence-electron chi connectivity index (χ3n) is 5.39. The van der Waals surface area contributed by atoms with Crippen LogP contribution in [0.4, 0.5) is 10.6 Å². The second-order valence-corrected chi connectivity index (χ2v) is 8.34. The minimum atomic E-state index is -0.328. The second-order valence-electron chi connectivity index (χ2n) is 7.49. The number of amides is 1. The number of halogens is 2. The molecule has 3 rings (SSSR count). The summed E-state index contributed by atoms with van der Waals surface area (Å²) in [6.07, 6.45) is 0.885. The molecule has 1 N–H and O–H groups in total. The molecular formula is C23H30Cl2N4O3. The Balaban J connectivity index is 1.92. The van der Waals surface area contributed by atoms with Gasteiger partial charge in [0.1, 0.15) is 5.82 Å². The molecule has 0 bridgehead atoms. The molecule has 0 aliphatic carbocycles. The van der Waals surface area contributed by atoms with Crippen LogP contribution in [0.1, 0.15) is 39.1 Å². The second kappa shape index (κ2) is 11.2. The number of hydrogen-bond acceptors (Lipinski definition) is 6. The van der Waals surface area contributed by atoms with E-state index in [9.17, 15) is 4.79 Å². The van der Waals surface area contributed by atoms with Crippen LogP contribution in [0.25, 0.3) is 11.3 Å².